The lowest BCUT2D eigenvalue weighted by Gasteiger charge is -2.30. The van der Waals surface area contributed by atoms with Gasteiger partial charge in [-0.05, 0) is 11.1 Å². The molecule has 7 heteroatoms. The molecule has 2 heterocycles. The van der Waals surface area contributed by atoms with Crippen LogP contribution in [0.1, 0.15) is 34.9 Å². The van der Waals surface area contributed by atoms with Gasteiger partial charge in [-0.1, -0.05) is 54.6 Å². The lowest BCUT2D eigenvalue weighted by molar-refractivity contribution is 0.0174. The SMILES string of the molecule is Cn1c2c(c(=O)n(Cc3ccc(C(C)(F)F)cc3)c1=O)CN(Cc1ccccc1)CC2. The van der Waals surface area contributed by atoms with Gasteiger partial charge in [0.2, 0.25) is 0 Å². The van der Waals surface area contributed by atoms with Gasteiger partial charge in [-0.2, -0.15) is 0 Å². The lowest BCUT2D eigenvalue weighted by Crippen LogP contribution is -2.47. The number of nitrogens with zero attached hydrogens (tertiary/aromatic N) is 3. The highest BCUT2D eigenvalue weighted by atomic mass is 19.3. The first-order chi connectivity index (χ1) is 14.7. The summed E-state index contributed by atoms with van der Waals surface area (Å²) in [6.45, 7) is 2.86. The molecule has 0 aliphatic carbocycles. The van der Waals surface area contributed by atoms with Gasteiger partial charge in [-0.15, -0.1) is 0 Å². The molecule has 0 fully saturated rings. The molecule has 0 N–H and O–H groups in total. The van der Waals surface area contributed by atoms with E-state index in [1.165, 1.54) is 22.3 Å². The molecule has 0 unspecified atom stereocenters. The van der Waals surface area contributed by atoms with E-state index in [2.05, 4.69) is 17.0 Å². The summed E-state index contributed by atoms with van der Waals surface area (Å²) in [5.74, 6) is -2.93. The molecule has 0 saturated heterocycles. The van der Waals surface area contributed by atoms with E-state index >= 15 is 0 Å². The fourth-order valence-corrected chi connectivity index (χ4v) is 4.12. The Labute approximate surface area is 179 Å². The molecule has 1 aliphatic heterocycles. The molecular formula is C24H25F2N3O2. The first-order valence-electron chi connectivity index (χ1n) is 10.3. The summed E-state index contributed by atoms with van der Waals surface area (Å²) in [5.41, 5.74) is 2.41. The van der Waals surface area contributed by atoms with Crippen molar-refractivity contribution in [2.45, 2.75) is 38.9 Å². The van der Waals surface area contributed by atoms with Crippen LogP contribution < -0.4 is 11.2 Å². The minimum atomic E-state index is -2.93. The van der Waals surface area contributed by atoms with Crippen LogP contribution in [-0.4, -0.2) is 20.6 Å². The topological polar surface area (TPSA) is 47.2 Å². The second-order valence-electron chi connectivity index (χ2n) is 8.19. The molecule has 0 amide bonds. The first-order valence-corrected chi connectivity index (χ1v) is 10.3. The van der Waals surface area contributed by atoms with E-state index in [1.807, 2.05) is 18.2 Å². The third-order valence-electron chi connectivity index (χ3n) is 5.87. The van der Waals surface area contributed by atoms with Gasteiger partial charge >= 0.3 is 5.69 Å². The van der Waals surface area contributed by atoms with Gasteiger partial charge in [0.25, 0.3) is 11.5 Å². The summed E-state index contributed by atoms with van der Waals surface area (Å²) in [6.07, 6.45) is 0.629. The van der Waals surface area contributed by atoms with Crippen molar-refractivity contribution in [3.8, 4) is 0 Å². The van der Waals surface area contributed by atoms with Crippen molar-refractivity contribution < 1.29 is 8.78 Å². The smallest absolute Gasteiger partial charge is 0.300 e. The van der Waals surface area contributed by atoms with Gasteiger partial charge in [0, 0.05) is 51.3 Å². The molecule has 0 bridgehead atoms. The van der Waals surface area contributed by atoms with Crippen LogP contribution in [0.5, 0.6) is 0 Å². The highest BCUT2D eigenvalue weighted by Gasteiger charge is 2.25. The van der Waals surface area contributed by atoms with Crippen LogP contribution in [0.15, 0.2) is 64.2 Å². The van der Waals surface area contributed by atoms with Gasteiger partial charge in [-0.3, -0.25) is 14.3 Å². The Bertz CT molecular complexity index is 1190. The number of hydrogen-bond acceptors (Lipinski definition) is 3. The Morgan fingerprint density at radius 2 is 1.58 bits per heavy atom. The van der Waals surface area contributed by atoms with Crippen molar-refractivity contribution in [3.05, 3.63) is 103 Å². The molecule has 3 aromatic rings. The molecule has 0 radical (unpaired) electrons. The fourth-order valence-electron chi connectivity index (χ4n) is 4.12. The number of benzene rings is 2. The summed E-state index contributed by atoms with van der Waals surface area (Å²) >= 11 is 0. The summed E-state index contributed by atoms with van der Waals surface area (Å²) in [6, 6.07) is 15.8. The van der Waals surface area contributed by atoms with Gasteiger partial charge < -0.3 is 4.57 Å². The maximum atomic E-state index is 13.5. The zero-order chi connectivity index (χ0) is 22.2. The van der Waals surface area contributed by atoms with Crippen LogP contribution in [0, 0.1) is 0 Å². The number of halogens is 2. The zero-order valence-corrected chi connectivity index (χ0v) is 17.6. The van der Waals surface area contributed by atoms with E-state index in [1.54, 1.807) is 23.7 Å². The summed E-state index contributed by atoms with van der Waals surface area (Å²) in [4.78, 5) is 28.3. The number of alkyl halides is 2. The van der Waals surface area contributed by atoms with Crippen molar-refractivity contribution >= 4 is 0 Å². The third-order valence-corrected chi connectivity index (χ3v) is 5.87. The Balaban J connectivity index is 1.63. The fraction of sp³-hybridized carbons (Fsp3) is 0.333. The zero-order valence-electron chi connectivity index (χ0n) is 17.6. The second-order valence-corrected chi connectivity index (χ2v) is 8.19. The van der Waals surface area contributed by atoms with E-state index in [9.17, 15) is 18.4 Å². The Morgan fingerprint density at radius 1 is 0.935 bits per heavy atom. The van der Waals surface area contributed by atoms with E-state index in [-0.39, 0.29) is 23.4 Å². The van der Waals surface area contributed by atoms with Crippen LogP contribution in [0.2, 0.25) is 0 Å². The van der Waals surface area contributed by atoms with Crippen LogP contribution in [0.25, 0.3) is 0 Å². The van der Waals surface area contributed by atoms with Crippen molar-refractivity contribution in [3.63, 3.8) is 0 Å². The molecule has 162 valence electrons. The standard InChI is InChI=1S/C24H25F2N3O2/c1-24(25,26)19-10-8-18(9-11-19)15-29-22(30)20-16-28(14-17-6-4-3-5-7-17)13-12-21(20)27(2)23(29)31/h3-11H,12-16H2,1-2H3. The molecular weight excluding hydrogens is 400 g/mol. The minimum Gasteiger partial charge on any atom is -0.300 e. The highest BCUT2D eigenvalue weighted by Crippen LogP contribution is 2.26. The molecule has 0 spiro atoms. The Kier molecular flexibility index (Phi) is 5.62. The predicted molar refractivity (Wildman–Crippen MR) is 115 cm³/mol. The molecule has 0 saturated carbocycles. The summed E-state index contributed by atoms with van der Waals surface area (Å²) in [5, 5.41) is 0. The average Bonchev–Trinajstić information content (AvgIpc) is 2.75. The number of aromatic nitrogens is 2. The lowest BCUT2D eigenvalue weighted by atomic mass is 10.0. The third kappa shape index (κ3) is 4.37. The molecule has 4 rings (SSSR count). The molecule has 0 atom stereocenters. The molecule has 2 aromatic carbocycles. The maximum Gasteiger partial charge on any atom is 0.331 e. The minimum absolute atomic E-state index is 0.0486. The van der Waals surface area contributed by atoms with Gasteiger partial charge in [-0.25, -0.2) is 13.6 Å². The van der Waals surface area contributed by atoms with Crippen molar-refractivity contribution in [1.29, 1.82) is 0 Å². The van der Waals surface area contributed by atoms with Crippen molar-refractivity contribution in [1.82, 2.24) is 14.0 Å². The summed E-state index contributed by atoms with van der Waals surface area (Å²) < 4.78 is 29.7. The van der Waals surface area contributed by atoms with E-state index < -0.39 is 5.92 Å². The quantitative estimate of drug-likeness (QED) is 0.631. The highest BCUT2D eigenvalue weighted by molar-refractivity contribution is 5.27. The van der Waals surface area contributed by atoms with E-state index in [0.717, 1.165) is 25.7 Å². The number of rotatable bonds is 5. The van der Waals surface area contributed by atoms with E-state index in [4.69, 9.17) is 0 Å². The molecule has 5 nitrogen and oxygen atoms in total. The van der Waals surface area contributed by atoms with Crippen LogP contribution >= 0.6 is 0 Å². The van der Waals surface area contributed by atoms with Gasteiger partial charge in [0.05, 0.1) is 12.1 Å². The second kappa shape index (κ2) is 8.23. The molecule has 1 aliphatic rings. The largest absolute Gasteiger partial charge is 0.331 e. The van der Waals surface area contributed by atoms with Crippen molar-refractivity contribution in [2.75, 3.05) is 6.54 Å². The average molecular weight is 425 g/mol. The number of hydrogen-bond donors (Lipinski definition) is 0. The van der Waals surface area contributed by atoms with Crippen molar-refractivity contribution in [2.24, 2.45) is 7.05 Å². The number of fused-ring (bicyclic) bond motifs is 1. The molecule has 31 heavy (non-hydrogen) atoms. The Hall–Kier alpha value is -3.06. The monoisotopic (exact) mass is 425 g/mol. The summed E-state index contributed by atoms with van der Waals surface area (Å²) in [7, 11) is 1.69. The normalized spacial score (nSPS) is 14.5. The van der Waals surface area contributed by atoms with Crippen LogP contribution in [0.4, 0.5) is 8.78 Å². The van der Waals surface area contributed by atoms with Crippen LogP contribution in [-0.2, 0) is 39.0 Å². The Morgan fingerprint density at radius 3 is 2.23 bits per heavy atom. The van der Waals surface area contributed by atoms with Gasteiger partial charge in [0.15, 0.2) is 0 Å². The van der Waals surface area contributed by atoms with E-state index in [0.29, 0.717) is 24.1 Å². The van der Waals surface area contributed by atoms with Gasteiger partial charge in [0.1, 0.15) is 0 Å². The van der Waals surface area contributed by atoms with Crippen LogP contribution in [0.3, 0.4) is 0 Å². The predicted octanol–water partition coefficient (Wildman–Crippen LogP) is 3.27. The first kappa shape index (κ1) is 21.2. The molecule has 1 aromatic heterocycles. The maximum absolute atomic E-state index is 13.5.